The number of amides is 1. The van der Waals surface area contributed by atoms with Crippen LogP contribution in [0.1, 0.15) is 28.6 Å². The Morgan fingerprint density at radius 3 is 2.55 bits per heavy atom. The van der Waals surface area contributed by atoms with Crippen LogP contribution in [0.5, 0.6) is 0 Å². The summed E-state index contributed by atoms with van der Waals surface area (Å²) in [7, 11) is 0. The Morgan fingerprint density at radius 2 is 2.03 bits per heavy atom. The number of nitrogens with zero attached hydrogens (tertiary/aromatic N) is 4. The second-order valence-electron chi connectivity index (χ2n) is 6.47. The molecule has 3 N–H and O–H groups in total. The van der Waals surface area contributed by atoms with Gasteiger partial charge in [0.2, 0.25) is 0 Å². The Kier molecular flexibility index (Phi) is 4.54. The summed E-state index contributed by atoms with van der Waals surface area (Å²) in [5.74, 6) is -3.44. The zero-order chi connectivity index (χ0) is 20.9. The molecule has 2 aromatic heterocycles. The van der Waals surface area contributed by atoms with Gasteiger partial charge in [-0.1, -0.05) is 6.07 Å². The van der Waals surface area contributed by atoms with Gasteiger partial charge in [0.1, 0.15) is 10.7 Å². The topological polar surface area (TPSA) is 113 Å². The molecule has 12 heteroatoms. The number of thiazole rings is 1. The van der Waals surface area contributed by atoms with Crippen molar-refractivity contribution in [1.82, 2.24) is 15.0 Å². The summed E-state index contributed by atoms with van der Waals surface area (Å²) in [6.45, 7) is 1.11. The minimum Gasteiger partial charge on any atom is -0.478 e. The summed E-state index contributed by atoms with van der Waals surface area (Å²) in [4.78, 5) is 32.3. The van der Waals surface area contributed by atoms with Crippen molar-refractivity contribution in [2.75, 3.05) is 18.1 Å². The molecular weight excluding hydrogens is 411 g/mol. The highest BCUT2D eigenvalue weighted by atomic mass is 32.1. The van der Waals surface area contributed by atoms with Gasteiger partial charge in [0.15, 0.2) is 11.5 Å². The first-order valence-electron chi connectivity index (χ1n) is 8.50. The summed E-state index contributed by atoms with van der Waals surface area (Å²) >= 11 is 0.670. The number of aliphatic carboxylic acids is 1. The van der Waals surface area contributed by atoms with E-state index in [-0.39, 0.29) is 16.5 Å². The molecule has 8 nitrogen and oxygen atoms in total. The van der Waals surface area contributed by atoms with Gasteiger partial charge in [-0.05, 0) is 12.5 Å². The molecule has 0 saturated carbocycles. The Balaban J connectivity index is 1.98. The number of fused-ring (bicyclic) bond motifs is 1. The Hall–Kier alpha value is -2.99. The van der Waals surface area contributed by atoms with Crippen LogP contribution < -0.4 is 10.7 Å². The molecule has 4 heterocycles. The minimum absolute atomic E-state index is 0.106. The second kappa shape index (κ2) is 6.81. The summed E-state index contributed by atoms with van der Waals surface area (Å²) < 4.78 is 39.2. The molecule has 2 aliphatic rings. The molecule has 0 bridgehead atoms. The second-order valence-corrected chi connectivity index (χ2v) is 7.36. The van der Waals surface area contributed by atoms with E-state index >= 15 is 0 Å². The van der Waals surface area contributed by atoms with Crippen LogP contribution in [0, 0.1) is 0 Å². The number of rotatable bonds is 4. The van der Waals surface area contributed by atoms with E-state index < -0.39 is 35.2 Å². The van der Waals surface area contributed by atoms with E-state index in [0.29, 0.717) is 30.0 Å². The van der Waals surface area contributed by atoms with E-state index in [0.717, 1.165) is 11.8 Å². The van der Waals surface area contributed by atoms with Crippen molar-refractivity contribution in [3.63, 3.8) is 0 Å². The first kappa shape index (κ1) is 19.3. The third kappa shape index (κ3) is 3.13. The van der Waals surface area contributed by atoms with Crippen molar-refractivity contribution in [2.45, 2.75) is 18.5 Å². The van der Waals surface area contributed by atoms with E-state index in [2.05, 4.69) is 9.97 Å². The number of carboxylic acid groups (broad SMARTS) is 1. The monoisotopic (exact) mass is 425 g/mol. The van der Waals surface area contributed by atoms with Crippen LogP contribution in [0.25, 0.3) is 0 Å². The standard InChI is InChI=1S/C17H14F3N5O3S/c18-17(19,20)9-7-29-15(23-9)10-8-3-1-4-22-14(8)25(24-5-2-6-24)12(13(21)26)11(10)16(27)28/h1,3-4,7,10H,2,5-6H2,(H2,21,26)(H,27,28). The van der Waals surface area contributed by atoms with Crippen LogP contribution in [-0.2, 0) is 15.8 Å². The molecule has 0 aromatic carbocycles. The van der Waals surface area contributed by atoms with E-state index in [4.69, 9.17) is 5.73 Å². The van der Waals surface area contributed by atoms with Crippen LogP contribution in [-0.4, -0.2) is 45.0 Å². The highest BCUT2D eigenvalue weighted by molar-refractivity contribution is 7.09. The summed E-state index contributed by atoms with van der Waals surface area (Å²) in [6.07, 6.45) is -2.39. The Labute approximate surface area is 166 Å². The lowest BCUT2D eigenvalue weighted by molar-refractivity contribution is -0.140. The average molecular weight is 425 g/mol. The van der Waals surface area contributed by atoms with Gasteiger partial charge < -0.3 is 10.8 Å². The Bertz CT molecular complexity index is 1030. The SMILES string of the molecule is NC(=O)C1=C(C(=O)O)C(c2nc(C(F)(F)F)cs2)c2cccnc2N1N1CCC1. The van der Waals surface area contributed by atoms with Crippen LogP contribution in [0.2, 0.25) is 0 Å². The highest BCUT2D eigenvalue weighted by Gasteiger charge is 2.45. The zero-order valence-corrected chi connectivity index (χ0v) is 15.5. The normalized spacial score (nSPS) is 19.7. The molecular formula is C17H14F3N5O3S. The smallest absolute Gasteiger partial charge is 0.434 e. The van der Waals surface area contributed by atoms with Crippen LogP contribution in [0.3, 0.4) is 0 Å². The van der Waals surface area contributed by atoms with Crippen LogP contribution in [0.15, 0.2) is 35.0 Å². The molecule has 1 unspecified atom stereocenters. The lowest BCUT2D eigenvalue weighted by Crippen LogP contribution is -2.55. The molecule has 2 aliphatic heterocycles. The molecule has 0 radical (unpaired) electrons. The maximum atomic E-state index is 13.1. The van der Waals surface area contributed by atoms with Crippen molar-refractivity contribution in [1.29, 1.82) is 0 Å². The number of hydrazine groups is 1. The number of hydrogen-bond donors (Lipinski definition) is 2. The largest absolute Gasteiger partial charge is 0.478 e. The fourth-order valence-electron chi connectivity index (χ4n) is 3.37. The van der Waals surface area contributed by atoms with Gasteiger partial charge in [0, 0.05) is 30.2 Å². The fraction of sp³-hybridized carbons (Fsp3) is 0.294. The molecule has 1 atom stereocenters. The van der Waals surface area contributed by atoms with E-state index in [1.54, 1.807) is 17.1 Å². The number of carbonyl (C=O) groups is 2. The van der Waals surface area contributed by atoms with E-state index in [1.807, 2.05) is 0 Å². The van der Waals surface area contributed by atoms with E-state index in [9.17, 15) is 27.9 Å². The number of anilines is 1. The predicted molar refractivity (Wildman–Crippen MR) is 95.7 cm³/mol. The van der Waals surface area contributed by atoms with Crippen molar-refractivity contribution >= 4 is 29.0 Å². The quantitative estimate of drug-likeness (QED) is 0.770. The van der Waals surface area contributed by atoms with Gasteiger partial charge in [-0.25, -0.2) is 19.8 Å². The highest BCUT2D eigenvalue weighted by Crippen LogP contribution is 2.46. The number of alkyl halides is 3. The maximum absolute atomic E-state index is 13.1. The molecule has 1 fully saturated rings. The van der Waals surface area contributed by atoms with Gasteiger partial charge in [-0.2, -0.15) is 13.2 Å². The van der Waals surface area contributed by atoms with Gasteiger partial charge in [-0.15, -0.1) is 11.3 Å². The number of carboxylic acids is 1. The summed E-state index contributed by atoms with van der Waals surface area (Å²) in [5.41, 5.74) is 3.99. The number of hydrogen-bond acceptors (Lipinski definition) is 7. The minimum atomic E-state index is -4.68. The molecule has 0 spiro atoms. The molecule has 1 saturated heterocycles. The van der Waals surface area contributed by atoms with Gasteiger partial charge in [-0.3, -0.25) is 9.80 Å². The van der Waals surface area contributed by atoms with Crippen LogP contribution in [0.4, 0.5) is 19.0 Å². The third-order valence-electron chi connectivity index (χ3n) is 4.72. The third-order valence-corrected chi connectivity index (χ3v) is 5.63. The number of halogens is 3. The lowest BCUT2D eigenvalue weighted by Gasteiger charge is -2.45. The predicted octanol–water partition coefficient (Wildman–Crippen LogP) is 1.95. The molecule has 2 aromatic rings. The molecule has 4 rings (SSSR count). The molecule has 152 valence electrons. The van der Waals surface area contributed by atoms with Gasteiger partial charge in [0.05, 0.1) is 11.5 Å². The number of aromatic nitrogens is 2. The molecule has 29 heavy (non-hydrogen) atoms. The molecule has 0 aliphatic carbocycles. The number of primary amides is 1. The fourth-order valence-corrected chi connectivity index (χ4v) is 4.32. The van der Waals surface area contributed by atoms with Crippen molar-refractivity contribution in [2.24, 2.45) is 5.73 Å². The molecule has 1 amide bonds. The van der Waals surface area contributed by atoms with Gasteiger partial charge >= 0.3 is 12.1 Å². The lowest BCUT2D eigenvalue weighted by atomic mass is 9.86. The van der Waals surface area contributed by atoms with Crippen molar-refractivity contribution in [3.8, 4) is 0 Å². The summed E-state index contributed by atoms with van der Waals surface area (Å²) in [6, 6.07) is 3.11. The summed E-state index contributed by atoms with van der Waals surface area (Å²) in [5, 5.41) is 13.7. The van der Waals surface area contributed by atoms with Gasteiger partial charge in [0.25, 0.3) is 5.91 Å². The zero-order valence-electron chi connectivity index (χ0n) is 14.7. The Morgan fingerprint density at radius 1 is 1.31 bits per heavy atom. The maximum Gasteiger partial charge on any atom is 0.434 e. The number of pyridine rings is 1. The van der Waals surface area contributed by atoms with Crippen LogP contribution >= 0.6 is 11.3 Å². The average Bonchev–Trinajstić information content (AvgIpc) is 3.09. The number of carbonyl (C=O) groups excluding carboxylic acids is 1. The first-order chi connectivity index (χ1) is 13.7. The van der Waals surface area contributed by atoms with Crippen molar-refractivity contribution in [3.05, 3.63) is 51.2 Å². The van der Waals surface area contributed by atoms with Crippen molar-refractivity contribution < 1.29 is 27.9 Å². The van der Waals surface area contributed by atoms with E-state index in [1.165, 1.54) is 11.2 Å². The first-order valence-corrected chi connectivity index (χ1v) is 9.38. The number of nitrogens with two attached hydrogens (primary N) is 1.